The molecule has 4 rings (SSSR count). The number of ether oxygens (including phenoxy) is 2. The highest BCUT2D eigenvalue weighted by molar-refractivity contribution is 5.85. The van der Waals surface area contributed by atoms with Crippen molar-refractivity contribution in [2.24, 2.45) is 11.8 Å². The number of hydrogen-bond donors (Lipinski definition) is 0. The first kappa shape index (κ1) is 19.9. The van der Waals surface area contributed by atoms with Gasteiger partial charge < -0.3 is 9.47 Å². The molecule has 1 fully saturated rings. The van der Waals surface area contributed by atoms with Gasteiger partial charge in [0.25, 0.3) is 0 Å². The van der Waals surface area contributed by atoms with E-state index in [9.17, 15) is 9.59 Å². The molecule has 1 saturated carbocycles. The molecule has 0 unspecified atom stereocenters. The molecule has 0 heterocycles. The second-order valence-electron chi connectivity index (χ2n) is 7.54. The summed E-state index contributed by atoms with van der Waals surface area (Å²) in [6.07, 6.45) is 0. The summed E-state index contributed by atoms with van der Waals surface area (Å²) in [7, 11) is 1.40. The summed E-state index contributed by atoms with van der Waals surface area (Å²) in [6.45, 7) is 0.210. The third-order valence-corrected chi connectivity index (χ3v) is 5.89. The van der Waals surface area contributed by atoms with Gasteiger partial charge in [0.1, 0.15) is 6.61 Å². The average molecular weight is 400 g/mol. The molecule has 0 radical (unpaired) electrons. The average Bonchev–Trinajstić information content (AvgIpc) is 2.79. The minimum atomic E-state index is -0.456. The van der Waals surface area contributed by atoms with Gasteiger partial charge in [-0.05, 0) is 16.7 Å². The Balaban J connectivity index is 1.67. The monoisotopic (exact) mass is 400 g/mol. The number of carbonyl (C=O) groups is 2. The SMILES string of the molecule is COC(=O)C1[C@@H](c2ccccc2)C(C(=O)OCc2ccccc2)[C@@H]1c1ccccc1. The molecule has 2 atom stereocenters. The van der Waals surface area contributed by atoms with Gasteiger partial charge in [-0.15, -0.1) is 0 Å². The van der Waals surface area contributed by atoms with E-state index in [1.807, 2.05) is 91.0 Å². The van der Waals surface area contributed by atoms with E-state index >= 15 is 0 Å². The molecule has 0 spiro atoms. The number of carbonyl (C=O) groups excluding carboxylic acids is 2. The standard InChI is InChI=1S/C26H24O4/c1-29-25(27)23-21(19-13-7-3-8-14-19)24(22(23)20-15-9-4-10-16-20)26(28)30-17-18-11-5-2-6-12-18/h2-16,21-24H,17H2,1H3/t21-,22-,23?,24?/m1/s1. The van der Waals surface area contributed by atoms with Gasteiger partial charge in [0.05, 0.1) is 18.9 Å². The molecule has 3 aromatic rings. The summed E-state index contributed by atoms with van der Waals surface area (Å²) in [5, 5.41) is 0. The zero-order valence-corrected chi connectivity index (χ0v) is 16.8. The quantitative estimate of drug-likeness (QED) is 0.562. The van der Waals surface area contributed by atoms with Crippen LogP contribution in [0, 0.1) is 11.8 Å². The van der Waals surface area contributed by atoms with Crippen LogP contribution in [0.15, 0.2) is 91.0 Å². The predicted octanol–water partition coefficient (Wildman–Crippen LogP) is 4.72. The van der Waals surface area contributed by atoms with E-state index in [1.165, 1.54) is 7.11 Å². The van der Waals surface area contributed by atoms with Crippen molar-refractivity contribution in [3.63, 3.8) is 0 Å². The molecule has 0 amide bonds. The molecule has 3 aromatic carbocycles. The van der Waals surface area contributed by atoms with Crippen molar-refractivity contribution in [1.82, 2.24) is 0 Å². The summed E-state index contributed by atoms with van der Waals surface area (Å²) in [4.78, 5) is 26.0. The second kappa shape index (κ2) is 8.95. The van der Waals surface area contributed by atoms with Crippen LogP contribution in [0.5, 0.6) is 0 Å². The first-order valence-corrected chi connectivity index (χ1v) is 10.1. The fourth-order valence-electron chi connectivity index (χ4n) is 4.48. The van der Waals surface area contributed by atoms with Gasteiger partial charge in [0.15, 0.2) is 0 Å². The van der Waals surface area contributed by atoms with Gasteiger partial charge in [-0.25, -0.2) is 0 Å². The summed E-state index contributed by atoms with van der Waals surface area (Å²) in [6, 6.07) is 29.0. The van der Waals surface area contributed by atoms with Crippen LogP contribution in [0.2, 0.25) is 0 Å². The molecule has 0 aromatic heterocycles. The van der Waals surface area contributed by atoms with E-state index < -0.39 is 11.8 Å². The van der Waals surface area contributed by atoms with Crippen LogP contribution in [-0.4, -0.2) is 19.0 Å². The number of rotatable bonds is 6. The van der Waals surface area contributed by atoms with Crippen molar-refractivity contribution in [3.8, 4) is 0 Å². The number of esters is 2. The lowest BCUT2D eigenvalue weighted by Crippen LogP contribution is -2.51. The Morgan fingerprint density at radius 3 is 1.57 bits per heavy atom. The maximum absolute atomic E-state index is 13.2. The lowest BCUT2D eigenvalue weighted by atomic mass is 9.52. The first-order valence-electron chi connectivity index (χ1n) is 10.1. The van der Waals surface area contributed by atoms with Gasteiger partial charge >= 0.3 is 11.9 Å². The van der Waals surface area contributed by atoms with Crippen molar-refractivity contribution >= 4 is 11.9 Å². The molecule has 0 aliphatic heterocycles. The lowest BCUT2D eigenvalue weighted by Gasteiger charge is -2.49. The number of methoxy groups -OCH3 is 1. The van der Waals surface area contributed by atoms with Crippen LogP contribution in [0.1, 0.15) is 28.5 Å². The molecular formula is C26H24O4. The van der Waals surface area contributed by atoms with E-state index in [2.05, 4.69) is 0 Å². The topological polar surface area (TPSA) is 52.6 Å². The predicted molar refractivity (Wildman–Crippen MR) is 114 cm³/mol. The Morgan fingerprint density at radius 1 is 0.667 bits per heavy atom. The molecule has 152 valence electrons. The summed E-state index contributed by atoms with van der Waals surface area (Å²) in [5.41, 5.74) is 2.82. The summed E-state index contributed by atoms with van der Waals surface area (Å²) < 4.78 is 10.8. The fraction of sp³-hybridized carbons (Fsp3) is 0.231. The molecule has 0 N–H and O–H groups in total. The molecule has 1 aliphatic carbocycles. The zero-order valence-electron chi connectivity index (χ0n) is 16.8. The number of benzene rings is 3. The van der Waals surface area contributed by atoms with Crippen LogP contribution < -0.4 is 0 Å². The normalized spacial score (nSPS) is 22.6. The molecule has 30 heavy (non-hydrogen) atoms. The van der Waals surface area contributed by atoms with Crippen LogP contribution in [-0.2, 0) is 25.7 Å². The summed E-state index contributed by atoms with van der Waals surface area (Å²) >= 11 is 0. The van der Waals surface area contributed by atoms with Gasteiger partial charge in [-0.1, -0.05) is 91.0 Å². The van der Waals surface area contributed by atoms with Crippen molar-refractivity contribution in [3.05, 3.63) is 108 Å². The van der Waals surface area contributed by atoms with Crippen molar-refractivity contribution in [1.29, 1.82) is 0 Å². The molecule has 0 bridgehead atoms. The molecule has 4 heteroatoms. The fourth-order valence-corrected chi connectivity index (χ4v) is 4.48. The maximum Gasteiger partial charge on any atom is 0.310 e. The minimum Gasteiger partial charge on any atom is -0.469 e. The third kappa shape index (κ3) is 3.86. The van der Waals surface area contributed by atoms with Gasteiger partial charge in [-0.2, -0.15) is 0 Å². The Labute approximate surface area is 176 Å². The molecule has 0 saturated heterocycles. The van der Waals surface area contributed by atoms with Crippen molar-refractivity contribution < 1.29 is 19.1 Å². The highest BCUT2D eigenvalue weighted by Crippen LogP contribution is 2.58. The minimum absolute atomic E-state index is 0.210. The van der Waals surface area contributed by atoms with Gasteiger partial charge in [0.2, 0.25) is 0 Å². The lowest BCUT2D eigenvalue weighted by molar-refractivity contribution is -0.166. The Hall–Kier alpha value is -3.40. The largest absolute Gasteiger partial charge is 0.469 e. The third-order valence-electron chi connectivity index (χ3n) is 5.89. The Bertz CT molecular complexity index is 938. The Morgan fingerprint density at radius 2 is 1.10 bits per heavy atom. The number of hydrogen-bond acceptors (Lipinski definition) is 4. The summed E-state index contributed by atoms with van der Waals surface area (Å²) in [5.74, 6) is -2.05. The van der Waals surface area contributed by atoms with Crippen molar-refractivity contribution in [2.45, 2.75) is 18.4 Å². The van der Waals surface area contributed by atoms with Crippen LogP contribution in [0.3, 0.4) is 0 Å². The molecular weight excluding hydrogens is 376 g/mol. The highest BCUT2D eigenvalue weighted by atomic mass is 16.5. The molecule has 4 nitrogen and oxygen atoms in total. The van der Waals surface area contributed by atoms with E-state index in [4.69, 9.17) is 9.47 Å². The Kier molecular flexibility index (Phi) is 5.94. The van der Waals surface area contributed by atoms with E-state index in [0.717, 1.165) is 16.7 Å². The van der Waals surface area contributed by atoms with Gasteiger partial charge in [-0.3, -0.25) is 9.59 Å². The van der Waals surface area contributed by atoms with Crippen molar-refractivity contribution in [2.75, 3.05) is 7.11 Å². The zero-order chi connectivity index (χ0) is 20.9. The first-order chi connectivity index (χ1) is 14.7. The van der Waals surface area contributed by atoms with Crippen LogP contribution >= 0.6 is 0 Å². The van der Waals surface area contributed by atoms with Gasteiger partial charge in [0, 0.05) is 11.8 Å². The van der Waals surface area contributed by atoms with E-state index in [1.54, 1.807) is 0 Å². The second-order valence-corrected chi connectivity index (χ2v) is 7.54. The van der Waals surface area contributed by atoms with E-state index in [0.29, 0.717) is 0 Å². The highest BCUT2D eigenvalue weighted by Gasteiger charge is 2.59. The molecule has 1 aliphatic rings. The maximum atomic E-state index is 13.2. The van der Waals surface area contributed by atoms with E-state index in [-0.39, 0.29) is 30.4 Å². The van der Waals surface area contributed by atoms with Crippen LogP contribution in [0.4, 0.5) is 0 Å². The smallest absolute Gasteiger partial charge is 0.310 e. The van der Waals surface area contributed by atoms with Crippen LogP contribution in [0.25, 0.3) is 0 Å².